The van der Waals surface area contributed by atoms with E-state index in [4.69, 9.17) is 0 Å². The quantitative estimate of drug-likeness (QED) is 0.832. The molecule has 0 spiro atoms. The van der Waals surface area contributed by atoms with E-state index in [1.54, 1.807) is 0 Å². The van der Waals surface area contributed by atoms with Crippen LogP contribution in [0.3, 0.4) is 0 Å². The SMILES string of the molecule is CCCNC(c1cnnn1CCC)C1C2CCCCC21. The third-order valence-corrected chi connectivity index (χ3v) is 5.12. The van der Waals surface area contributed by atoms with E-state index in [0.717, 1.165) is 37.3 Å². The second kappa shape index (κ2) is 6.25. The van der Waals surface area contributed by atoms with Gasteiger partial charge in [-0.1, -0.05) is 31.9 Å². The molecule has 0 bridgehead atoms. The molecule has 112 valence electrons. The lowest BCUT2D eigenvalue weighted by Crippen LogP contribution is -2.27. The molecule has 0 saturated heterocycles. The van der Waals surface area contributed by atoms with Crippen molar-refractivity contribution in [3.63, 3.8) is 0 Å². The maximum Gasteiger partial charge on any atom is 0.0759 e. The monoisotopic (exact) mass is 276 g/mol. The molecule has 0 amide bonds. The molecular weight excluding hydrogens is 248 g/mol. The Kier molecular flexibility index (Phi) is 4.39. The minimum absolute atomic E-state index is 0.476. The van der Waals surface area contributed by atoms with Gasteiger partial charge in [-0.25, -0.2) is 4.68 Å². The summed E-state index contributed by atoms with van der Waals surface area (Å²) in [6, 6.07) is 0.476. The normalized spacial score (nSPS) is 30.0. The lowest BCUT2D eigenvalue weighted by molar-refractivity contribution is 0.407. The number of nitrogens with zero attached hydrogens (tertiary/aromatic N) is 3. The van der Waals surface area contributed by atoms with Gasteiger partial charge < -0.3 is 5.32 Å². The number of aryl methyl sites for hydroxylation is 1. The van der Waals surface area contributed by atoms with Crippen molar-refractivity contribution in [3.05, 3.63) is 11.9 Å². The summed E-state index contributed by atoms with van der Waals surface area (Å²) in [4.78, 5) is 0. The molecule has 0 aliphatic heterocycles. The number of nitrogens with one attached hydrogen (secondary N) is 1. The van der Waals surface area contributed by atoms with Gasteiger partial charge >= 0.3 is 0 Å². The molecule has 1 N–H and O–H groups in total. The van der Waals surface area contributed by atoms with Crippen molar-refractivity contribution in [1.29, 1.82) is 0 Å². The standard InChI is InChI=1S/C16H28N4/c1-3-9-17-16(14-11-18-19-20(14)10-4-2)15-12-7-5-6-8-13(12)15/h11-13,15-17H,3-10H2,1-2H3. The molecule has 3 rings (SSSR count). The van der Waals surface area contributed by atoms with Crippen LogP contribution < -0.4 is 5.32 Å². The zero-order chi connectivity index (χ0) is 13.9. The van der Waals surface area contributed by atoms with Gasteiger partial charge in [0.25, 0.3) is 0 Å². The van der Waals surface area contributed by atoms with E-state index in [1.165, 1.54) is 37.8 Å². The minimum Gasteiger partial charge on any atom is -0.308 e. The number of fused-ring (bicyclic) bond motifs is 1. The van der Waals surface area contributed by atoms with E-state index < -0.39 is 0 Å². The largest absolute Gasteiger partial charge is 0.308 e. The Morgan fingerprint density at radius 2 is 2.00 bits per heavy atom. The summed E-state index contributed by atoms with van der Waals surface area (Å²) < 4.78 is 2.12. The first-order valence-corrected chi connectivity index (χ1v) is 8.48. The number of hydrogen-bond donors (Lipinski definition) is 1. The Hall–Kier alpha value is -0.900. The topological polar surface area (TPSA) is 42.7 Å². The molecule has 2 aliphatic rings. The number of rotatable bonds is 7. The summed E-state index contributed by atoms with van der Waals surface area (Å²) >= 11 is 0. The highest BCUT2D eigenvalue weighted by molar-refractivity contribution is 5.14. The van der Waals surface area contributed by atoms with Crippen molar-refractivity contribution in [2.45, 2.75) is 65.0 Å². The van der Waals surface area contributed by atoms with Crippen LogP contribution in [0.15, 0.2) is 6.20 Å². The van der Waals surface area contributed by atoms with Gasteiger partial charge in [0.15, 0.2) is 0 Å². The van der Waals surface area contributed by atoms with Crippen LogP contribution in [0.25, 0.3) is 0 Å². The molecule has 0 radical (unpaired) electrons. The molecule has 2 saturated carbocycles. The van der Waals surface area contributed by atoms with Crippen LogP contribution >= 0.6 is 0 Å². The van der Waals surface area contributed by atoms with Gasteiger partial charge in [-0.3, -0.25) is 0 Å². The molecule has 1 heterocycles. The molecule has 1 aromatic heterocycles. The van der Waals surface area contributed by atoms with Crippen LogP contribution in [0, 0.1) is 17.8 Å². The molecule has 1 aromatic rings. The molecular formula is C16H28N4. The van der Waals surface area contributed by atoms with E-state index in [-0.39, 0.29) is 0 Å². The highest BCUT2D eigenvalue weighted by atomic mass is 15.4. The van der Waals surface area contributed by atoms with Crippen molar-refractivity contribution in [2.24, 2.45) is 17.8 Å². The molecule has 4 nitrogen and oxygen atoms in total. The average molecular weight is 276 g/mol. The lowest BCUT2D eigenvalue weighted by Gasteiger charge is -2.19. The van der Waals surface area contributed by atoms with Gasteiger partial charge in [-0.05, 0) is 50.0 Å². The third-order valence-electron chi connectivity index (χ3n) is 5.12. The van der Waals surface area contributed by atoms with Crippen molar-refractivity contribution in [1.82, 2.24) is 20.3 Å². The molecule has 4 heteroatoms. The highest BCUT2D eigenvalue weighted by Gasteiger charge is 2.54. The fourth-order valence-corrected chi connectivity index (χ4v) is 4.17. The van der Waals surface area contributed by atoms with Gasteiger partial charge in [0, 0.05) is 6.54 Å². The molecule has 20 heavy (non-hydrogen) atoms. The van der Waals surface area contributed by atoms with Crippen LogP contribution in [0.4, 0.5) is 0 Å². The van der Waals surface area contributed by atoms with Crippen molar-refractivity contribution >= 4 is 0 Å². The molecule has 2 fully saturated rings. The van der Waals surface area contributed by atoms with Crippen LogP contribution in [-0.2, 0) is 6.54 Å². The first-order chi connectivity index (χ1) is 9.86. The molecule has 3 unspecified atom stereocenters. The van der Waals surface area contributed by atoms with Crippen molar-refractivity contribution in [3.8, 4) is 0 Å². The Morgan fingerprint density at radius 1 is 1.25 bits per heavy atom. The maximum atomic E-state index is 4.29. The van der Waals surface area contributed by atoms with Crippen LogP contribution in [-0.4, -0.2) is 21.5 Å². The van der Waals surface area contributed by atoms with E-state index in [1.807, 2.05) is 6.20 Å². The Morgan fingerprint density at radius 3 is 2.65 bits per heavy atom. The van der Waals surface area contributed by atoms with Crippen LogP contribution in [0.5, 0.6) is 0 Å². The van der Waals surface area contributed by atoms with E-state index >= 15 is 0 Å². The highest BCUT2D eigenvalue weighted by Crippen LogP contribution is 2.60. The van der Waals surface area contributed by atoms with E-state index in [9.17, 15) is 0 Å². The second-order valence-corrected chi connectivity index (χ2v) is 6.50. The Balaban J connectivity index is 1.77. The Labute approximate surface area is 122 Å². The second-order valence-electron chi connectivity index (χ2n) is 6.50. The first kappa shape index (κ1) is 14.1. The van der Waals surface area contributed by atoms with Crippen LogP contribution in [0.2, 0.25) is 0 Å². The summed E-state index contributed by atoms with van der Waals surface area (Å²) in [5.74, 6) is 2.75. The van der Waals surface area contributed by atoms with Gasteiger partial charge in [0.2, 0.25) is 0 Å². The minimum atomic E-state index is 0.476. The van der Waals surface area contributed by atoms with Crippen LogP contribution in [0.1, 0.15) is 64.1 Å². The predicted octanol–water partition coefficient (Wildman–Crippen LogP) is 3.17. The predicted molar refractivity (Wildman–Crippen MR) is 80.3 cm³/mol. The third kappa shape index (κ3) is 2.62. The summed E-state index contributed by atoms with van der Waals surface area (Å²) in [5, 5.41) is 12.2. The fraction of sp³-hybridized carbons (Fsp3) is 0.875. The van der Waals surface area contributed by atoms with E-state index in [2.05, 4.69) is 34.2 Å². The van der Waals surface area contributed by atoms with Gasteiger partial charge in [0.05, 0.1) is 17.9 Å². The van der Waals surface area contributed by atoms with Gasteiger partial charge in [-0.2, -0.15) is 0 Å². The molecule has 0 aromatic carbocycles. The summed E-state index contributed by atoms with van der Waals surface area (Å²) in [6.45, 7) is 6.53. The zero-order valence-corrected chi connectivity index (χ0v) is 12.9. The molecule has 3 atom stereocenters. The Bertz CT molecular complexity index is 416. The fourth-order valence-electron chi connectivity index (χ4n) is 4.17. The zero-order valence-electron chi connectivity index (χ0n) is 12.9. The maximum absolute atomic E-state index is 4.29. The number of hydrogen-bond acceptors (Lipinski definition) is 3. The number of aromatic nitrogens is 3. The first-order valence-electron chi connectivity index (χ1n) is 8.48. The average Bonchev–Trinajstić information content (AvgIpc) is 3.01. The summed E-state index contributed by atoms with van der Waals surface area (Å²) in [6.07, 6.45) is 10.1. The summed E-state index contributed by atoms with van der Waals surface area (Å²) in [7, 11) is 0. The molecule has 2 aliphatic carbocycles. The van der Waals surface area contributed by atoms with Gasteiger partial charge in [0.1, 0.15) is 0 Å². The van der Waals surface area contributed by atoms with Gasteiger partial charge in [-0.15, -0.1) is 5.10 Å². The van der Waals surface area contributed by atoms with Crippen molar-refractivity contribution < 1.29 is 0 Å². The van der Waals surface area contributed by atoms with Crippen molar-refractivity contribution in [2.75, 3.05) is 6.54 Å². The lowest BCUT2D eigenvalue weighted by atomic mass is 10.0. The smallest absolute Gasteiger partial charge is 0.0759 e. The van der Waals surface area contributed by atoms with E-state index in [0.29, 0.717) is 6.04 Å². The summed E-state index contributed by atoms with van der Waals surface area (Å²) in [5.41, 5.74) is 1.32.